The van der Waals surface area contributed by atoms with Gasteiger partial charge in [0.25, 0.3) is 5.91 Å². The van der Waals surface area contributed by atoms with Gasteiger partial charge in [-0.15, -0.1) is 0 Å². The van der Waals surface area contributed by atoms with Gasteiger partial charge in [-0.3, -0.25) is 4.79 Å². The lowest BCUT2D eigenvalue weighted by atomic mass is 10.1. The van der Waals surface area contributed by atoms with Crippen molar-refractivity contribution in [3.8, 4) is 0 Å². The van der Waals surface area contributed by atoms with Crippen molar-refractivity contribution in [3.05, 3.63) is 28.8 Å². The van der Waals surface area contributed by atoms with Crippen molar-refractivity contribution >= 4 is 23.2 Å². The molecule has 0 unspecified atom stereocenters. The van der Waals surface area contributed by atoms with E-state index in [1.165, 1.54) is 19.3 Å². The van der Waals surface area contributed by atoms with Gasteiger partial charge < -0.3 is 10.6 Å². The predicted octanol–water partition coefficient (Wildman–Crippen LogP) is 3.33. The average molecular weight is 267 g/mol. The van der Waals surface area contributed by atoms with Gasteiger partial charge in [-0.25, -0.2) is 0 Å². The number of carbonyl (C=O) groups excluding carboxylic acids is 1. The molecule has 98 valence electrons. The minimum atomic E-state index is 0.0697. The van der Waals surface area contributed by atoms with E-state index in [1.807, 2.05) is 4.90 Å². The van der Waals surface area contributed by atoms with Crippen LogP contribution in [0.15, 0.2) is 18.2 Å². The van der Waals surface area contributed by atoms with E-state index < -0.39 is 0 Å². The maximum atomic E-state index is 12.4. The molecule has 1 fully saturated rings. The highest BCUT2D eigenvalue weighted by Gasteiger charge is 2.17. The molecule has 0 radical (unpaired) electrons. The number of rotatable bonds is 1. The Bertz CT molecular complexity index is 426. The summed E-state index contributed by atoms with van der Waals surface area (Å²) in [4.78, 5) is 14.3. The van der Waals surface area contributed by atoms with Gasteiger partial charge >= 0.3 is 0 Å². The number of benzene rings is 1. The minimum absolute atomic E-state index is 0.0697. The van der Waals surface area contributed by atoms with Crippen molar-refractivity contribution in [2.24, 2.45) is 0 Å². The van der Waals surface area contributed by atoms with Crippen LogP contribution in [0, 0.1) is 0 Å². The van der Waals surface area contributed by atoms with E-state index in [0.29, 0.717) is 16.3 Å². The van der Waals surface area contributed by atoms with Crippen molar-refractivity contribution in [2.45, 2.75) is 32.1 Å². The van der Waals surface area contributed by atoms with Crippen LogP contribution in [0.25, 0.3) is 0 Å². The summed E-state index contributed by atoms with van der Waals surface area (Å²) in [6.45, 7) is 1.70. The van der Waals surface area contributed by atoms with Crippen LogP contribution in [0.5, 0.6) is 0 Å². The number of nitrogens with two attached hydrogens (primary N) is 1. The SMILES string of the molecule is Nc1cc(C(=O)N2CCCCCCC2)ccc1Cl. The Hall–Kier alpha value is -1.22. The first-order valence-electron chi connectivity index (χ1n) is 6.53. The van der Waals surface area contributed by atoms with Crippen molar-refractivity contribution in [1.82, 2.24) is 4.90 Å². The van der Waals surface area contributed by atoms with Crippen LogP contribution in [-0.4, -0.2) is 23.9 Å². The van der Waals surface area contributed by atoms with Gasteiger partial charge in [0.15, 0.2) is 0 Å². The Morgan fingerprint density at radius 1 is 1.11 bits per heavy atom. The number of likely N-dealkylation sites (tertiary alicyclic amines) is 1. The highest BCUT2D eigenvalue weighted by atomic mass is 35.5. The van der Waals surface area contributed by atoms with Crippen molar-refractivity contribution in [2.75, 3.05) is 18.8 Å². The van der Waals surface area contributed by atoms with E-state index in [0.717, 1.165) is 25.9 Å². The Balaban J connectivity index is 2.10. The lowest BCUT2D eigenvalue weighted by Crippen LogP contribution is -2.33. The second kappa shape index (κ2) is 6.10. The first kappa shape index (κ1) is 13.2. The number of hydrogen-bond acceptors (Lipinski definition) is 2. The largest absolute Gasteiger partial charge is 0.398 e. The smallest absolute Gasteiger partial charge is 0.253 e. The molecule has 18 heavy (non-hydrogen) atoms. The van der Waals surface area contributed by atoms with Gasteiger partial charge in [0.05, 0.1) is 10.7 Å². The number of carbonyl (C=O) groups is 1. The van der Waals surface area contributed by atoms with Gasteiger partial charge in [0.2, 0.25) is 0 Å². The molecule has 1 heterocycles. The molecule has 1 amide bonds. The van der Waals surface area contributed by atoms with Gasteiger partial charge in [-0.05, 0) is 31.0 Å². The zero-order valence-corrected chi connectivity index (χ0v) is 11.2. The predicted molar refractivity (Wildman–Crippen MR) is 74.9 cm³/mol. The Morgan fingerprint density at radius 2 is 1.72 bits per heavy atom. The van der Waals surface area contributed by atoms with Crippen LogP contribution in [-0.2, 0) is 0 Å². The number of halogens is 1. The molecule has 1 aliphatic rings. The highest BCUT2D eigenvalue weighted by molar-refractivity contribution is 6.33. The second-order valence-corrected chi connectivity index (χ2v) is 5.20. The molecule has 0 saturated carbocycles. The molecule has 2 N–H and O–H groups in total. The topological polar surface area (TPSA) is 46.3 Å². The van der Waals surface area contributed by atoms with Crippen LogP contribution in [0.2, 0.25) is 5.02 Å². The van der Waals surface area contributed by atoms with Crippen LogP contribution in [0.1, 0.15) is 42.5 Å². The monoisotopic (exact) mass is 266 g/mol. The Morgan fingerprint density at radius 3 is 2.33 bits per heavy atom. The van der Waals surface area contributed by atoms with Crippen molar-refractivity contribution in [3.63, 3.8) is 0 Å². The first-order valence-corrected chi connectivity index (χ1v) is 6.90. The number of nitrogen functional groups attached to an aromatic ring is 1. The molecule has 0 aliphatic carbocycles. The lowest BCUT2D eigenvalue weighted by molar-refractivity contribution is 0.0742. The molecule has 1 saturated heterocycles. The fourth-order valence-corrected chi connectivity index (χ4v) is 2.43. The molecule has 0 aromatic heterocycles. The van der Waals surface area contributed by atoms with E-state index in [1.54, 1.807) is 18.2 Å². The number of anilines is 1. The maximum Gasteiger partial charge on any atom is 0.253 e. The fourth-order valence-electron chi connectivity index (χ4n) is 2.31. The summed E-state index contributed by atoms with van der Waals surface area (Å²) in [7, 11) is 0. The van der Waals surface area contributed by atoms with Crippen LogP contribution in [0.3, 0.4) is 0 Å². The third kappa shape index (κ3) is 3.16. The molecule has 4 heteroatoms. The standard InChI is InChI=1S/C14H19ClN2O/c15-12-7-6-11(10-13(12)16)14(18)17-8-4-2-1-3-5-9-17/h6-7,10H,1-5,8-9,16H2. The zero-order valence-electron chi connectivity index (χ0n) is 10.5. The molecule has 2 rings (SSSR count). The number of nitrogens with zero attached hydrogens (tertiary/aromatic N) is 1. The molecule has 0 spiro atoms. The van der Waals surface area contributed by atoms with E-state index in [4.69, 9.17) is 17.3 Å². The van der Waals surface area contributed by atoms with Gasteiger partial charge in [0, 0.05) is 18.7 Å². The first-order chi connectivity index (χ1) is 8.68. The number of hydrogen-bond donors (Lipinski definition) is 1. The van der Waals surface area contributed by atoms with Crippen LogP contribution < -0.4 is 5.73 Å². The summed E-state index contributed by atoms with van der Waals surface area (Å²) >= 11 is 5.87. The van der Waals surface area contributed by atoms with E-state index >= 15 is 0 Å². The van der Waals surface area contributed by atoms with Gasteiger partial charge in [0.1, 0.15) is 0 Å². The molecular formula is C14H19ClN2O. The van der Waals surface area contributed by atoms with Crippen molar-refractivity contribution < 1.29 is 4.79 Å². The van der Waals surface area contributed by atoms with Gasteiger partial charge in [-0.2, -0.15) is 0 Å². The fraction of sp³-hybridized carbons (Fsp3) is 0.500. The lowest BCUT2D eigenvalue weighted by Gasteiger charge is -2.25. The molecule has 0 atom stereocenters. The summed E-state index contributed by atoms with van der Waals surface area (Å²) in [5.74, 6) is 0.0697. The zero-order chi connectivity index (χ0) is 13.0. The van der Waals surface area contributed by atoms with E-state index in [2.05, 4.69) is 0 Å². The summed E-state index contributed by atoms with van der Waals surface area (Å²) in [6.07, 6.45) is 5.90. The van der Waals surface area contributed by atoms with Crippen LogP contribution >= 0.6 is 11.6 Å². The summed E-state index contributed by atoms with van der Waals surface area (Å²) in [5, 5.41) is 0.499. The third-order valence-corrected chi connectivity index (χ3v) is 3.73. The Labute approximate surface area is 113 Å². The summed E-state index contributed by atoms with van der Waals surface area (Å²) < 4.78 is 0. The quantitative estimate of drug-likeness (QED) is 0.793. The second-order valence-electron chi connectivity index (χ2n) is 4.80. The molecule has 3 nitrogen and oxygen atoms in total. The van der Waals surface area contributed by atoms with Gasteiger partial charge in [-0.1, -0.05) is 30.9 Å². The number of amides is 1. The molecule has 1 aromatic carbocycles. The van der Waals surface area contributed by atoms with Crippen LogP contribution in [0.4, 0.5) is 5.69 Å². The minimum Gasteiger partial charge on any atom is -0.398 e. The molecule has 0 bridgehead atoms. The summed E-state index contributed by atoms with van der Waals surface area (Å²) in [5.41, 5.74) is 6.84. The van der Waals surface area contributed by atoms with Crippen molar-refractivity contribution in [1.29, 1.82) is 0 Å². The van der Waals surface area contributed by atoms with E-state index in [-0.39, 0.29) is 5.91 Å². The highest BCUT2D eigenvalue weighted by Crippen LogP contribution is 2.21. The normalized spacial score (nSPS) is 17.1. The molecular weight excluding hydrogens is 248 g/mol. The summed E-state index contributed by atoms with van der Waals surface area (Å²) in [6, 6.07) is 5.11. The maximum absolute atomic E-state index is 12.4. The Kier molecular flexibility index (Phi) is 4.48. The van der Waals surface area contributed by atoms with E-state index in [9.17, 15) is 4.79 Å². The average Bonchev–Trinajstić information content (AvgIpc) is 2.31. The molecule has 1 aliphatic heterocycles. The molecule has 1 aromatic rings. The third-order valence-electron chi connectivity index (χ3n) is 3.39.